The standard InChI is InChI=1S/C26H22N3O7/c1-28-20-5-3-2-4-18(20)25(31)24(26(28)32)21(30)13-19(15-6-11-22-23(12-15)36-14-35-22)27-16-7-9-17(10-8-16)29(33)34/h2-12,19,27,31,33H,13-14H2,1H3/q-1. The fourth-order valence-corrected chi connectivity index (χ4v) is 4.29. The summed E-state index contributed by atoms with van der Waals surface area (Å²) in [7, 11) is 1.55. The fraction of sp³-hybridized carbons (Fsp3) is 0.154. The number of aryl methyl sites for hydroxylation is 1. The summed E-state index contributed by atoms with van der Waals surface area (Å²) in [6.45, 7) is 0.0884. The van der Waals surface area contributed by atoms with Gasteiger partial charge in [-0.15, -0.1) is 0 Å². The zero-order chi connectivity index (χ0) is 25.4. The first-order chi connectivity index (χ1) is 17.3. The quantitative estimate of drug-likeness (QED) is 0.259. The summed E-state index contributed by atoms with van der Waals surface area (Å²) in [6.07, 6.45) is -0.170. The Morgan fingerprint density at radius 2 is 1.83 bits per heavy atom. The first-order valence-electron chi connectivity index (χ1n) is 11.1. The van der Waals surface area contributed by atoms with Gasteiger partial charge in [-0.1, -0.05) is 18.2 Å². The predicted octanol–water partition coefficient (Wildman–Crippen LogP) is 4.09. The first kappa shape index (κ1) is 23.2. The van der Waals surface area contributed by atoms with Gasteiger partial charge in [0.25, 0.3) is 5.56 Å². The van der Waals surface area contributed by atoms with Crippen LogP contribution in [0.1, 0.15) is 28.4 Å². The number of hydrogen-bond acceptors (Lipinski definition) is 9. The second kappa shape index (κ2) is 9.25. The van der Waals surface area contributed by atoms with Crippen molar-refractivity contribution in [3.05, 3.63) is 93.4 Å². The molecule has 0 saturated heterocycles. The van der Waals surface area contributed by atoms with E-state index >= 15 is 0 Å². The van der Waals surface area contributed by atoms with E-state index < -0.39 is 17.4 Å². The van der Waals surface area contributed by atoms with E-state index in [0.717, 1.165) is 0 Å². The van der Waals surface area contributed by atoms with Crippen LogP contribution in [0.4, 0.5) is 11.4 Å². The van der Waals surface area contributed by atoms with Crippen molar-refractivity contribution in [1.29, 1.82) is 0 Å². The topological polar surface area (TPSA) is 136 Å². The largest absolute Gasteiger partial charge is 0.733 e. The van der Waals surface area contributed by atoms with E-state index in [-0.39, 0.29) is 35.4 Å². The number of rotatable bonds is 7. The Bertz CT molecular complexity index is 1510. The minimum atomic E-state index is -0.633. The molecule has 10 heteroatoms. The molecule has 1 aliphatic heterocycles. The molecular formula is C26H22N3O7-. The third-order valence-corrected chi connectivity index (χ3v) is 6.17. The molecule has 1 aromatic heterocycles. The number of Topliss-reactive ketones (excluding diaryl/α,β-unsaturated/α-hetero) is 1. The highest BCUT2D eigenvalue weighted by Crippen LogP contribution is 2.37. The summed E-state index contributed by atoms with van der Waals surface area (Å²) in [6, 6.07) is 17.4. The highest BCUT2D eigenvalue weighted by Gasteiger charge is 2.26. The summed E-state index contributed by atoms with van der Waals surface area (Å²) in [5.74, 6) is 0.194. The molecule has 0 amide bonds. The number of benzene rings is 3. The summed E-state index contributed by atoms with van der Waals surface area (Å²) in [5.41, 5.74) is 0.914. The number of carbonyl (C=O) groups excluding carboxylic acids is 1. The third kappa shape index (κ3) is 4.19. The van der Waals surface area contributed by atoms with Gasteiger partial charge in [-0.3, -0.25) is 14.8 Å². The van der Waals surface area contributed by atoms with Gasteiger partial charge in [0.05, 0.1) is 17.2 Å². The molecule has 0 saturated carbocycles. The number of anilines is 2. The maximum Gasteiger partial charge on any atom is 0.265 e. The second-order valence-corrected chi connectivity index (χ2v) is 8.36. The van der Waals surface area contributed by atoms with Crippen molar-refractivity contribution >= 4 is 28.1 Å². The van der Waals surface area contributed by atoms with Gasteiger partial charge < -0.3 is 34.9 Å². The molecule has 1 aliphatic rings. The Morgan fingerprint density at radius 1 is 1.11 bits per heavy atom. The molecule has 1 unspecified atom stereocenters. The van der Waals surface area contributed by atoms with Crippen LogP contribution >= 0.6 is 0 Å². The molecule has 36 heavy (non-hydrogen) atoms. The van der Waals surface area contributed by atoms with Crippen molar-refractivity contribution in [3.8, 4) is 17.2 Å². The van der Waals surface area contributed by atoms with Crippen molar-refractivity contribution in [2.45, 2.75) is 12.5 Å². The van der Waals surface area contributed by atoms with Crippen molar-refractivity contribution in [2.24, 2.45) is 7.05 Å². The van der Waals surface area contributed by atoms with Crippen molar-refractivity contribution < 1.29 is 24.6 Å². The molecule has 3 N–H and O–H groups in total. The monoisotopic (exact) mass is 488 g/mol. The number of fused-ring (bicyclic) bond motifs is 2. The predicted molar refractivity (Wildman–Crippen MR) is 133 cm³/mol. The summed E-state index contributed by atoms with van der Waals surface area (Å²) in [4.78, 5) is 26.5. The molecule has 0 bridgehead atoms. The maximum atomic E-state index is 13.5. The zero-order valence-corrected chi connectivity index (χ0v) is 19.2. The molecule has 184 valence electrons. The van der Waals surface area contributed by atoms with Gasteiger partial charge in [-0.05, 0) is 54.1 Å². The number of aromatic hydroxyl groups is 1. The van der Waals surface area contributed by atoms with Crippen LogP contribution in [0.15, 0.2) is 71.5 Å². The maximum absolute atomic E-state index is 13.5. The van der Waals surface area contributed by atoms with Gasteiger partial charge in [0, 0.05) is 24.5 Å². The number of nitrogens with zero attached hydrogens (tertiary/aromatic N) is 2. The van der Waals surface area contributed by atoms with E-state index in [1.165, 1.54) is 16.7 Å². The number of hydrogen-bond donors (Lipinski definition) is 3. The fourth-order valence-electron chi connectivity index (χ4n) is 4.29. The summed E-state index contributed by atoms with van der Waals surface area (Å²) < 4.78 is 12.2. The number of nitrogens with one attached hydrogen (secondary N) is 1. The molecule has 0 spiro atoms. The summed E-state index contributed by atoms with van der Waals surface area (Å²) in [5, 5.41) is 34.5. The average molecular weight is 488 g/mol. The molecule has 0 aliphatic carbocycles. The van der Waals surface area contributed by atoms with Crippen molar-refractivity contribution in [3.63, 3.8) is 0 Å². The van der Waals surface area contributed by atoms with Gasteiger partial charge in [-0.25, -0.2) is 0 Å². The number of ether oxygens (including phenoxy) is 2. The van der Waals surface area contributed by atoms with E-state index in [4.69, 9.17) is 14.7 Å². The van der Waals surface area contributed by atoms with Crippen LogP contribution in [0.5, 0.6) is 17.2 Å². The highest BCUT2D eigenvalue weighted by molar-refractivity contribution is 6.03. The number of carbonyl (C=O) groups is 1. The van der Waals surface area contributed by atoms with Gasteiger partial charge in [0.15, 0.2) is 17.3 Å². The van der Waals surface area contributed by atoms with Crippen LogP contribution in [-0.2, 0) is 7.05 Å². The van der Waals surface area contributed by atoms with Crippen molar-refractivity contribution in [2.75, 3.05) is 17.3 Å². The van der Waals surface area contributed by atoms with Crippen LogP contribution in [0.25, 0.3) is 10.9 Å². The lowest BCUT2D eigenvalue weighted by Crippen LogP contribution is -2.26. The van der Waals surface area contributed by atoms with Gasteiger partial charge in [0.1, 0.15) is 11.3 Å². The Balaban J connectivity index is 1.52. The molecule has 1 atom stereocenters. The van der Waals surface area contributed by atoms with Crippen molar-refractivity contribution in [1.82, 2.24) is 4.57 Å². The molecule has 2 heterocycles. The van der Waals surface area contributed by atoms with Crippen LogP contribution < -0.4 is 25.6 Å². The zero-order valence-electron chi connectivity index (χ0n) is 19.2. The van der Waals surface area contributed by atoms with Crippen LogP contribution in [0.2, 0.25) is 0 Å². The molecule has 5 rings (SSSR count). The molecule has 4 aromatic rings. The van der Waals surface area contributed by atoms with Gasteiger partial charge in [0.2, 0.25) is 6.79 Å². The molecular weight excluding hydrogens is 466 g/mol. The van der Waals surface area contributed by atoms with Crippen LogP contribution in [0.3, 0.4) is 0 Å². The van der Waals surface area contributed by atoms with E-state index in [1.54, 1.807) is 61.6 Å². The smallest absolute Gasteiger partial charge is 0.265 e. The normalized spacial score (nSPS) is 13.0. The third-order valence-electron chi connectivity index (χ3n) is 6.17. The van der Waals surface area contributed by atoms with E-state index in [1.807, 2.05) is 0 Å². The number of ketones is 1. The SMILES string of the molecule is Cn1c(=O)c(C(=O)CC(Nc2ccc(N([O-])O)cc2)c2ccc3c(c2)OCO3)c(O)c2ccccc21. The molecule has 0 radical (unpaired) electrons. The lowest BCUT2D eigenvalue weighted by atomic mass is 9.96. The van der Waals surface area contributed by atoms with Crippen LogP contribution in [-0.4, -0.2) is 27.5 Å². The van der Waals surface area contributed by atoms with E-state index in [0.29, 0.717) is 33.7 Å². The minimum absolute atomic E-state index is 0.0424. The highest BCUT2D eigenvalue weighted by atomic mass is 16.8. The lowest BCUT2D eigenvalue weighted by Gasteiger charge is -2.23. The molecule has 0 fully saturated rings. The summed E-state index contributed by atoms with van der Waals surface area (Å²) >= 11 is 0. The molecule has 3 aromatic carbocycles. The molecule has 10 nitrogen and oxygen atoms in total. The van der Waals surface area contributed by atoms with E-state index in [2.05, 4.69) is 5.32 Å². The Kier molecular flexibility index (Phi) is 5.96. The number of pyridine rings is 1. The average Bonchev–Trinajstić information content (AvgIpc) is 3.35. The number of aromatic nitrogens is 1. The first-order valence-corrected chi connectivity index (χ1v) is 11.1. The Labute approximate surface area is 205 Å². The second-order valence-electron chi connectivity index (χ2n) is 8.36. The minimum Gasteiger partial charge on any atom is -0.733 e. The Hall–Kier alpha value is -4.54. The van der Waals surface area contributed by atoms with Crippen LogP contribution in [0, 0.1) is 5.21 Å². The van der Waals surface area contributed by atoms with Gasteiger partial charge in [-0.2, -0.15) is 0 Å². The van der Waals surface area contributed by atoms with E-state index in [9.17, 15) is 19.9 Å². The lowest BCUT2D eigenvalue weighted by molar-refractivity contribution is 0.0972. The number of para-hydroxylation sites is 1. The Morgan fingerprint density at radius 3 is 2.58 bits per heavy atom. The van der Waals surface area contributed by atoms with Gasteiger partial charge >= 0.3 is 0 Å².